The number of carbonyl (C=O) groups excluding carboxylic acids is 1. The van der Waals surface area contributed by atoms with Crippen molar-refractivity contribution < 1.29 is 4.79 Å². The second-order valence-electron chi connectivity index (χ2n) is 5.91. The van der Waals surface area contributed by atoms with Gasteiger partial charge >= 0.3 is 0 Å². The molecule has 19 heavy (non-hydrogen) atoms. The van der Waals surface area contributed by atoms with Gasteiger partial charge in [-0.05, 0) is 27.2 Å². The van der Waals surface area contributed by atoms with Crippen molar-refractivity contribution in [2.24, 2.45) is 5.73 Å². The molecular formula is C12H21N5OS. The van der Waals surface area contributed by atoms with E-state index in [-0.39, 0.29) is 17.5 Å². The van der Waals surface area contributed by atoms with Crippen LogP contribution in [-0.2, 0) is 0 Å². The largest absolute Gasteiger partial charge is 0.382 e. The predicted octanol–water partition coefficient (Wildman–Crippen LogP) is 1.11. The highest BCUT2D eigenvalue weighted by atomic mass is 32.1. The van der Waals surface area contributed by atoms with Crippen LogP contribution in [0.3, 0.4) is 0 Å². The molecule has 0 bridgehead atoms. The predicted molar refractivity (Wildman–Crippen MR) is 78.4 cm³/mol. The Morgan fingerprint density at radius 2 is 2.21 bits per heavy atom. The van der Waals surface area contributed by atoms with E-state index in [1.54, 1.807) is 4.90 Å². The van der Waals surface area contributed by atoms with Crippen molar-refractivity contribution in [2.45, 2.75) is 38.8 Å². The number of carbonyl (C=O) groups is 1. The molecule has 1 unspecified atom stereocenters. The molecule has 6 nitrogen and oxygen atoms in total. The van der Waals surface area contributed by atoms with Gasteiger partial charge in [-0.25, -0.2) is 4.98 Å². The summed E-state index contributed by atoms with van der Waals surface area (Å²) in [6.45, 7) is 7.39. The maximum absolute atomic E-state index is 12.3. The van der Waals surface area contributed by atoms with Crippen LogP contribution in [0.25, 0.3) is 0 Å². The minimum Gasteiger partial charge on any atom is -0.382 e. The van der Waals surface area contributed by atoms with E-state index in [0.717, 1.165) is 6.42 Å². The van der Waals surface area contributed by atoms with E-state index in [4.69, 9.17) is 11.5 Å². The molecule has 0 radical (unpaired) electrons. The van der Waals surface area contributed by atoms with Crippen LogP contribution in [-0.4, -0.2) is 40.5 Å². The number of hydrogen-bond donors (Lipinski definition) is 3. The number of nitrogens with two attached hydrogens (primary N) is 2. The van der Waals surface area contributed by atoms with Crippen molar-refractivity contribution in [3.63, 3.8) is 0 Å². The van der Waals surface area contributed by atoms with Crippen LogP contribution in [0.2, 0.25) is 0 Å². The summed E-state index contributed by atoms with van der Waals surface area (Å²) in [6, 6.07) is 0.0743. The molecule has 0 aromatic carbocycles. The second-order valence-corrected chi connectivity index (χ2v) is 6.91. The Labute approximate surface area is 117 Å². The average Bonchev–Trinajstić information content (AvgIpc) is 2.82. The van der Waals surface area contributed by atoms with Gasteiger partial charge in [0.2, 0.25) is 0 Å². The van der Waals surface area contributed by atoms with E-state index in [2.05, 4.69) is 10.3 Å². The molecule has 1 aliphatic rings. The molecule has 1 saturated heterocycles. The fraction of sp³-hybridized carbons (Fsp3) is 0.667. The van der Waals surface area contributed by atoms with E-state index in [1.807, 2.05) is 20.8 Å². The van der Waals surface area contributed by atoms with Crippen LogP contribution in [0.1, 0.15) is 36.9 Å². The van der Waals surface area contributed by atoms with Crippen molar-refractivity contribution in [1.82, 2.24) is 9.88 Å². The minimum atomic E-state index is -0.111. The van der Waals surface area contributed by atoms with E-state index in [9.17, 15) is 4.79 Å². The Kier molecular flexibility index (Phi) is 3.69. The lowest BCUT2D eigenvalue weighted by molar-refractivity contribution is 0.0796. The summed E-state index contributed by atoms with van der Waals surface area (Å²) in [5.74, 6) is 0.229. The fourth-order valence-electron chi connectivity index (χ4n) is 1.97. The molecule has 2 rings (SSSR count). The van der Waals surface area contributed by atoms with Crippen LogP contribution in [0, 0.1) is 0 Å². The topological polar surface area (TPSA) is 97.3 Å². The zero-order chi connectivity index (χ0) is 14.2. The Morgan fingerprint density at radius 3 is 2.74 bits per heavy atom. The monoisotopic (exact) mass is 283 g/mol. The Hall–Kier alpha value is -1.34. The summed E-state index contributed by atoms with van der Waals surface area (Å²) >= 11 is 1.30. The number of aromatic nitrogens is 1. The summed E-state index contributed by atoms with van der Waals surface area (Å²) in [5.41, 5.74) is 11.6. The Morgan fingerprint density at radius 1 is 1.53 bits per heavy atom. The summed E-state index contributed by atoms with van der Waals surface area (Å²) in [5, 5.41) is 3.91. The van der Waals surface area contributed by atoms with Gasteiger partial charge in [0.25, 0.3) is 5.91 Å². The van der Waals surface area contributed by atoms with Gasteiger partial charge in [-0.15, -0.1) is 0 Å². The lowest BCUT2D eigenvalue weighted by atomic mass is 10.1. The number of nitrogen functional groups attached to an aromatic ring is 1. The van der Waals surface area contributed by atoms with Crippen molar-refractivity contribution in [3.8, 4) is 0 Å². The number of rotatable bonds is 2. The second kappa shape index (κ2) is 4.97. The lowest BCUT2D eigenvalue weighted by Crippen LogP contribution is -2.31. The zero-order valence-electron chi connectivity index (χ0n) is 11.6. The van der Waals surface area contributed by atoms with Crippen molar-refractivity contribution in [2.75, 3.05) is 24.1 Å². The smallest absolute Gasteiger partial charge is 0.267 e. The minimum absolute atomic E-state index is 0.0649. The summed E-state index contributed by atoms with van der Waals surface area (Å²) in [6.07, 6.45) is 0.845. The van der Waals surface area contributed by atoms with Crippen molar-refractivity contribution >= 4 is 28.2 Å². The number of thiazole rings is 1. The van der Waals surface area contributed by atoms with Crippen molar-refractivity contribution in [3.05, 3.63) is 4.88 Å². The van der Waals surface area contributed by atoms with E-state index in [1.165, 1.54) is 11.3 Å². The summed E-state index contributed by atoms with van der Waals surface area (Å²) < 4.78 is 0. The number of likely N-dealkylation sites (tertiary alicyclic amines) is 1. The number of anilines is 2. The van der Waals surface area contributed by atoms with Gasteiger partial charge < -0.3 is 21.7 Å². The van der Waals surface area contributed by atoms with Gasteiger partial charge in [0.1, 0.15) is 10.7 Å². The first-order valence-electron chi connectivity index (χ1n) is 6.35. The molecule has 7 heteroatoms. The molecule has 1 aliphatic heterocycles. The quantitative estimate of drug-likeness (QED) is 0.755. The summed E-state index contributed by atoms with van der Waals surface area (Å²) in [4.78, 5) is 18.8. The third kappa shape index (κ3) is 3.36. The molecule has 1 atom stereocenters. The summed E-state index contributed by atoms with van der Waals surface area (Å²) in [7, 11) is 0. The molecule has 0 saturated carbocycles. The zero-order valence-corrected chi connectivity index (χ0v) is 12.4. The van der Waals surface area contributed by atoms with Gasteiger partial charge in [0.05, 0.1) is 0 Å². The normalized spacial score (nSPS) is 19.8. The highest BCUT2D eigenvalue weighted by Gasteiger charge is 2.28. The molecule has 5 N–H and O–H groups in total. The molecule has 1 aromatic rings. The fourth-order valence-corrected chi connectivity index (χ4v) is 3.04. The number of hydrogen-bond acceptors (Lipinski definition) is 6. The van der Waals surface area contributed by atoms with E-state index in [0.29, 0.717) is 28.9 Å². The van der Waals surface area contributed by atoms with Gasteiger partial charge in [-0.3, -0.25) is 4.79 Å². The lowest BCUT2D eigenvalue weighted by Gasteiger charge is -2.19. The average molecular weight is 283 g/mol. The van der Waals surface area contributed by atoms with Gasteiger partial charge in [0.15, 0.2) is 5.13 Å². The van der Waals surface area contributed by atoms with Crippen LogP contribution < -0.4 is 16.8 Å². The third-order valence-corrected chi connectivity index (χ3v) is 3.82. The van der Waals surface area contributed by atoms with E-state index < -0.39 is 0 Å². The highest BCUT2D eigenvalue weighted by Crippen LogP contribution is 2.29. The number of nitrogens with zero attached hydrogens (tertiary/aromatic N) is 2. The Balaban J connectivity index is 2.14. The first kappa shape index (κ1) is 14.1. The molecule has 2 heterocycles. The molecule has 0 spiro atoms. The van der Waals surface area contributed by atoms with Gasteiger partial charge in [0, 0.05) is 24.7 Å². The van der Waals surface area contributed by atoms with Gasteiger partial charge in [-0.2, -0.15) is 0 Å². The molecule has 106 valence electrons. The van der Waals surface area contributed by atoms with Crippen molar-refractivity contribution in [1.29, 1.82) is 0 Å². The molecule has 0 aliphatic carbocycles. The number of amides is 1. The molecular weight excluding hydrogens is 262 g/mol. The Bertz CT molecular complexity index is 479. The molecule has 1 amide bonds. The SMILES string of the molecule is CC(C)(C)Nc1nc(N)c(C(=O)N2CCC(N)C2)s1. The van der Waals surface area contributed by atoms with Crippen LogP contribution in [0.15, 0.2) is 0 Å². The number of nitrogens with one attached hydrogen (secondary N) is 1. The maximum atomic E-state index is 12.3. The molecule has 1 aromatic heterocycles. The standard InChI is InChI=1S/C12H21N5OS/c1-12(2,3)16-11-15-9(14)8(19-11)10(18)17-5-4-7(13)6-17/h7H,4-6,13-14H2,1-3H3,(H,15,16). The maximum Gasteiger partial charge on any atom is 0.267 e. The first-order valence-corrected chi connectivity index (χ1v) is 7.17. The van der Waals surface area contributed by atoms with Crippen LogP contribution in [0.5, 0.6) is 0 Å². The van der Waals surface area contributed by atoms with Crippen LogP contribution >= 0.6 is 11.3 Å². The highest BCUT2D eigenvalue weighted by molar-refractivity contribution is 7.18. The molecule has 1 fully saturated rings. The van der Waals surface area contributed by atoms with Gasteiger partial charge in [-0.1, -0.05) is 11.3 Å². The third-order valence-electron chi connectivity index (χ3n) is 2.84. The van der Waals surface area contributed by atoms with Crippen LogP contribution in [0.4, 0.5) is 10.9 Å². The first-order chi connectivity index (χ1) is 8.76. The van der Waals surface area contributed by atoms with E-state index >= 15 is 0 Å².